The summed E-state index contributed by atoms with van der Waals surface area (Å²) in [5.41, 5.74) is 0. The number of aliphatic hydroxyl groups excluding tert-OH is 4. The first kappa shape index (κ1) is 14.9. The zero-order valence-corrected chi connectivity index (χ0v) is 8.52. The van der Waals surface area contributed by atoms with Gasteiger partial charge in [0.1, 0.15) is 18.3 Å². The second-order valence-electron chi connectivity index (χ2n) is 3.00. The monoisotopic (exact) mass is 238 g/mol. The Bertz CT molecular complexity index is 230. The van der Waals surface area contributed by atoms with E-state index in [0.717, 1.165) is 6.92 Å². The maximum Gasteiger partial charge on any atom is 0.339 e. The van der Waals surface area contributed by atoms with Crippen molar-refractivity contribution in [2.45, 2.75) is 31.3 Å². The fourth-order valence-electron chi connectivity index (χ4n) is 0.813. The Kier molecular flexibility index (Phi) is 6.77. The molecule has 0 unspecified atom stereocenters. The number of aliphatic hydroxyl groups is 4. The van der Waals surface area contributed by atoms with Gasteiger partial charge in [0.2, 0.25) is 0 Å². The molecule has 94 valence electrons. The molecule has 0 heterocycles. The molecule has 0 aromatic rings. The van der Waals surface area contributed by atoms with Crippen molar-refractivity contribution in [3.63, 3.8) is 0 Å². The van der Waals surface area contributed by atoms with Crippen LogP contribution in [-0.2, 0) is 19.4 Å². The van der Waals surface area contributed by atoms with Crippen LogP contribution in [0.2, 0.25) is 0 Å². The SMILES string of the molecule is CC(=O)OO[C@@H](C=O)[C@@H](O)[C@H](O)[C@H](O)CO. The average molecular weight is 238 g/mol. The Morgan fingerprint density at radius 2 is 1.88 bits per heavy atom. The van der Waals surface area contributed by atoms with Crippen LogP contribution in [0.4, 0.5) is 0 Å². The lowest BCUT2D eigenvalue weighted by atomic mass is 10.0. The van der Waals surface area contributed by atoms with Crippen molar-refractivity contribution in [1.82, 2.24) is 0 Å². The van der Waals surface area contributed by atoms with E-state index in [1.54, 1.807) is 0 Å². The lowest BCUT2D eigenvalue weighted by Crippen LogP contribution is -2.47. The Morgan fingerprint density at radius 1 is 1.31 bits per heavy atom. The molecule has 4 N–H and O–H groups in total. The van der Waals surface area contributed by atoms with E-state index in [1.165, 1.54) is 0 Å². The number of rotatable bonds is 7. The summed E-state index contributed by atoms with van der Waals surface area (Å²) >= 11 is 0. The number of aldehydes is 1. The highest BCUT2D eigenvalue weighted by molar-refractivity contribution is 5.65. The summed E-state index contributed by atoms with van der Waals surface area (Å²) in [5, 5.41) is 36.0. The smallest absolute Gasteiger partial charge is 0.339 e. The molecule has 4 atom stereocenters. The Morgan fingerprint density at radius 3 is 2.25 bits per heavy atom. The van der Waals surface area contributed by atoms with Gasteiger partial charge in [-0.05, 0) is 0 Å². The second kappa shape index (κ2) is 7.25. The molecule has 0 fully saturated rings. The molecule has 16 heavy (non-hydrogen) atoms. The predicted molar refractivity (Wildman–Crippen MR) is 47.8 cm³/mol. The first-order valence-corrected chi connectivity index (χ1v) is 4.38. The minimum Gasteiger partial charge on any atom is -0.394 e. The number of carbonyl (C=O) groups excluding carboxylic acids is 2. The summed E-state index contributed by atoms with van der Waals surface area (Å²) in [5.74, 6) is -0.851. The molecule has 0 saturated heterocycles. The third-order valence-electron chi connectivity index (χ3n) is 1.68. The maximum atomic E-state index is 10.4. The molecule has 0 radical (unpaired) electrons. The van der Waals surface area contributed by atoms with Crippen molar-refractivity contribution in [2.24, 2.45) is 0 Å². The van der Waals surface area contributed by atoms with E-state index in [0.29, 0.717) is 0 Å². The molecule has 0 aliphatic rings. The normalized spacial score (nSPS) is 18.3. The molecular formula is C8H14O8. The number of hydrogen-bond donors (Lipinski definition) is 4. The largest absolute Gasteiger partial charge is 0.394 e. The lowest BCUT2D eigenvalue weighted by Gasteiger charge is -2.24. The molecule has 0 saturated carbocycles. The highest BCUT2D eigenvalue weighted by atomic mass is 17.2. The fourth-order valence-corrected chi connectivity index (χ4v) is 0.813. The number of hydrogen-bond acceptors (Lipinski definition) is 8. The van der Waals surface area contributed by atoms with Crippen LogP contribution >= 0.6 is 0 Å². The van der Waals surface area contributed by atoms with Crippen molar-refractivity contribution >= 4 is 12.3 Å². The van der Waals surface area contributed by atoms with Gasteiger partial charge < -0.3 is 25.2 Å². The molecule has 0 aliphatic carbocycles. The predicted octanol–water partition coefficient (Wildman–Crippen LogP) is -2.88. The molecule has 8 nitrogen and oxygen atoms in total. The maximum absolute atomic E-state index is 10.4. The van der Waals surface area contributed by atoms with Gasteiger partial charge in [0.25, 0.3) is 0 Å². The molecule has 0 aromatic carbocycles. The Balaban J connectivity index is 4.33. The summed E-state index contributed by atoms with van der Waals surface area (Å²) in [6.45, 7) is 0.199. The molecular weight excluding hydrogens is 224 g/mol. The van der Waals surface area contributed by atoms with Crippen LogP contribution < -0.4 is 0 Å². The van der Waals surface area contributed by atoms with E-state index in [-0.39, 0.29) is 6.29 Å². The molecule has 0 rings (SSSR count). The fraction of sp³-hybridized carbons (Fsp3) is 0.750. The second-order valence-corrected chi connectivity index (χ2v) is 3.00. The van der Waals surface area contributed by atoms with Crippen LogP contribution in [0.3, 0.4) is 0 Å². The van der Waals surface area contributed by atoms with E-state index in [1.807, 2.05) is 0 Å². The molecule has 0 aliphatic heterocycles. The highest BCUT2D eigenvalue weighted by Crippen LogP contribution is 2.07. The van der Waals surface area contributed by atoms with Gasteiger partial charge in [0.15, 0.2) is 12.4 Å². The molecule has 0 spiro atoms. The molecule has 0 amide bonds. The standard InChI is InChI=1S/C8H14O8/c1-4(11)15-16-6(3-10)8(14)7(13)5(12)2-9/h3,5-9,12-14H,2H2,1H3/t5-,6+,7-,8-/m1/s1. The third kappa shape index (κ3) is 4.64. The highest BCUT2D eigenvalue weighted by Gasteiger charge is 2.33. The summed E-state index contributed by atoms with van der Waals surface area (Å²) in [4.78, 5) is 29.0. The number of carbonyl (C=O) groups is 2. The lowest BCUT2D eigenvalue weighted by molar-refractivity contribution is -0.306. The van der Waals surface area contributed by atoms with Crippen molar-refractivity contribution in [2.75, 3.05) is 6.61 Å². The van der Waals surface area contributed by atoms with Crippen molar-refractivity contribution < 1.29 is 39.8 Å². The van der Waals surface area contributed by atoms with Gasteiger partial charge in [-0.2, -0.15) is 4.89 Å². The van der Waals surface area contributed by atoms with Gasteiger partial charge in [-0.3, -0.25) is 4.89 Å². The van der Waals surface area contributed by atoms with E-state index in [4.69, 9.17) is 10.2 Å². The Hall–Kier alpha value is -1.06. The third-order valence-corrected chi connectivity index (χ3v) is 1.68. The first-order valence-electron chi connectivity index (χ1n) is 4.38. The van der Waals surface area contributed by atoms with Crippen LogP contribution in [0.5, 0.6) is 0 Å². The van der Waals surface area contributed by atoms with Gasteiger partial charge in [-0.15, -0.1) is 0 Å². The summed E-state index contributed by atoms with van der Waals surface area (Å²) in [7, 11) is 0. The summed E-state index contributed by atoms with van der Waals surface area (Å²) < 4.78 is 0. The van der Waals surface area contributed by atoms with E-state index in [2.05, 4.69) is 9.78 Å². The zero-order valence-electron chi connectivity index (χ0n) is 8.52. The van der Waals surface area contributed by atoms with Crippen LogP contribution in [0.1, 0.15) is 6.92 Å². The van der Waals surface area contributed by atoms with Gasteiger partial charge in [0.05, 0.1) is 6.61 Å². The van der Waals surface area contributed by atoms with Crippen LogP contribution in [0, 0.1) is 0 Å². The van der Waals surface area contributed by atoms with Gasteiger partial charge in [0, 0.05) is 6.92 Å². The van der Waals surface area contributed by atoms with E-state index < -0.39 is 37.0 Å². The minimum absolute atomic E-state index is 0.0842. The van der Waals surface area contributed by atoms with E-state index in [9.17, 15) is 19.8 Å². The van der Waals surface area contributed by atoms with Crippen LogP contribution in [0.15, 0.2) is 0 Å². The van der Waals surface area contributed by atoms with Crippen molar-refractivity contribution in [3.05, 3.63) is 0 Å². The quantitative estimate of drug-likeness (QED) is 0.211. The van der Waals surface area contributed by atoms with Crippen LogP contribution in [-0.4, -0.2) is 63.7 Å². The topological polar surface area (TPSA) is 134 Å². The zero-order chi connectivity index (χ0) is 12.7. The molecule has 8 heteroatoms. The Labute approximate surface area is 91.0 Å². The summed E-state index contributed by atoms with van der Waals surface area (Å²) in [6.07, 6.45) is -6.85. The minimum atomic E-state index is -1.83. The van der Waals surface area contributed by atoms with Gasteiger partial charge in [-0.25, -0.2) is 4.79 Å². The summed E-state index contributed by atoms with van der Waals surface area (Å²) in [6, 6.07) is 0. The van der Waals surface area contributed by atoms with Crippen molar-refractivity contribution in [1.29, 1.82) is 0 Å². The van der Waals surface area contributed by atoms with Crippen molar-refractivity contribution in [3.8, 4) is 0 Å². The molecule has 0 aromatic heterocycles. The van der Waals surface area contributed by atoms with Gasteiger partial charge in [-0.1, -0.05) is 0 Å². The van der Waals surface area contributed by atoms with Crippen LogP contribution in [0.25, 0.3) is 0 Å². The van der Waals surface area contributed by atoms with E-state index >= 15 is 0 Å². The molecule has 0 bridgehead atoms. The first-order chi connectivity index (χ1) is 7.43. The average Bonchev–Trinajstić information content (AvgIpc) is 2.27. The van der Waals surface area contributed by atoms with Gasteiger partial charge >= 0.3 is 5.97 Å².